The summed E-state index contributed by atoms with van der Waals surface area (Å²) in [5.74, 6) is -1.04. The average Bonchev–Trinajstić information content (AvgIpc) is 3.06. The van der Waals surface area contributed by atoms with Gasteiger partial charge in [-0.15, -0.1) is 0 Å². The maximum Gasteiger partial charge on any atom is 0.416 e. The van der Waals surface area contributed by atoms with Crippen LogP contribution in [-0.2, 0) is 15.7 Å². The van der Waals surface area contributed by atoms with Crippen molar-refractivity contribution in [2.24, 2.45) is 5.92 Å². The third-order valence-electron chi connectivity index (χ3n) is 4.84. The maximum atomic E-state index is 12.7. The van der Waals surface area contributed by atoms with E-state index in [1.165, 1.54) is 18.2 Å². The number of carbonyl (C=O) groups is 1. The van der Waals surface area contributed by atoms with Crippen LogP contribution < -0.4 is 4.74 Å². The van der Waals surface area contributed by atoms with E-state index in [0.717, 1.165) is 12.1 Å². The lowest BCUT2D eigenvalue weighted by Crippen LogP contribution is -2.23. The molecule has 6 nitrogen and oxygen atoms in total. The van der Waals surface area contributed by atoms with Crippen LogP contribution in [0.4, 0.5) is 13.2 Å². The van der Waals surface area contributed by atoms with Crippen LogP contribution in [0, 0.1) is 5.92 Å². The number of benzene rings is 1. The summed E-state index contributed by atoms with van der Waals surface area (Å²) in [6.45, 7) is -0.0662. The van der Waals surface area contributed by atoms with E-state index in [0.29, 0.717) is 19.3 Å². The highest BCUT2D eigenvalue weighted by Gasteiger charge is 2.34. The first kappa shape index (κ1) is 24.9. The molecule has 0 spiro atoms. The van der Waals surface area contributed by atoms with E-state index < -0.39 is 36.0 Å². The molecule has 0 unspecified atom stereocenters. The third kappa shape index (κ3) is 8.72. The number of carboxylic acid groups (broad SMARTS) is 1. The van der Waals surface area contributed by atoms with Crippen molar-refractivity contribution in [1.29, 1.82) is 0 Å². The molecule has 1 aliphatic heterocycles. The molecule has 1 heterocycles. The highest BCUT2D eigenvalue weighted by molar-refractivity contribution is 5.66. The van der Waals surface area contributed by atoms with E-state index in [2.05, 4.69) is 0 Å². The van der Waals surface area contributed by atoms with Crippen molar-refractivity contribution in [3.63, 3.8) is 0 Å². The van der Waals surface area contributed by atoms with Crippen molar-refractivity contribution in [3.8, 4) is 5.75 Å². The van der Waals surface area contributed by atoms with Crippen LogP contribution in [0.15, 0.2) is 48.6 Å². The number of rotatable bonds is 11. The molecule has 0 saturated carbocycles. The lowest BCUT2D eigenvalue weighted by Gasteiger charge is -2.17. The summed E-state index contributed by atoms with van der Waals surface area (Å²) in [6, 6.07) is 4.41. The summed E-state index contributed by atoms with van der Waals surface area (Å²) >= 11 is 0. The van der Waals surface area contributed by atoms with Crippen LogP contribution in [-0.4, -0.2) is 52.8 Å². The van der Waals surface area contributed by atoms with Gasteiger partial charge in [-0.2, -0.15) is 13.2 Å². The van der Waals surface area contributed by atoms with E-state index in [4.69, 9.17) is 14.6 Å². The fourth-order valence-electron chi connectivity index (χ4n) is 3.20. The predicted octanol–water partition coefficient (Wildman–Crippen LogP) is 3.58. The van der Waals surface area contributed by atoms with Crippen LogP contribution in [0.5, 0.6) is 5.75 Å². The highest BCUT2D eigenvalue weighted by atomic mass is 19.4. The van der Waals surface area contributed by atoms with E-state index in [-0.39, 0.29) is 31.3 Å². The Morgan fingerprint density at radius 2 is 2.03 bits per heavy atom. The number of hydrogen-bond donors (Lipinski definition) is 3. The summed E-state index contributed by atoms with van der Waals surface area (Å²) in [5.41, 5.74) is -0.830. The molecule has 1 aromatic carbocycles. The number of halogens is 3. The zero-order valence-corrected chi connectivity index (χ0v) is 16.9. The number of hydrogen-bond acceptors (Lipinski definition) is 5. The van der Waals surface area contributed by atoms with Gasteiger partial charge in [-0.25, -0.2) is 0 Å². The maximum absolute atomic E-state index is 12.7. The fraction of sp³-hybridized carbons (Fsp3) is 0.500. The van der Waals surface area contributed by atoms with Crippen LogP contribution in [0.2, 0.25) is 0 Å². The molecule has 1 saturated heterocycles. The molecule has 1 fully saturated rings. The van der Waals surface area contributed by atoms with Crippen molar-refractivity contribution < 1.29 is 42.8 Å². The Morgan fingerprint density at radius 1 is 1.29 bits per heavy atom. The minimum Gasteiger partial charge on any atom is -0.491 e. The molecule has 172 valence electrons. The summed E-state index contributed by atoms with van der Waals surface area (Å²) in [4.78, 5) is 10.5. The van der Waals surface area contributed by atoms with Gasteiger partial charge in [0.15, 0.2) is 0 Å². The second-order valence-corrected chi connectivity index (χ2v) is 7.30. The van der Waals surface area contributed by atoms with E-state index in [1.54, 1.807) is 12.2 Å². The topological polar surface area (TPSA) is 96.2 Å². The molecule has 31 heavy (non-hydrogen) atoms. The van der Waals surface area contributed by atoms with Crippen molar-refractivity contribution in [2.45, 2.75) is 50.2 Å². The fourth-order valence-corrected chi connectivity index (χ4v) is 3.20. The zero-order chi connectivity index (χ0) is 22.9. The number of alkyl halides is 3. The Balaban J connectivity index is 1.80. The minimum atomic E-state index is -4.47. The molecule has 1 aliphatic rings. The van der Waals surface area contributed by atoms with Gasteiger partial charge in [0.2, 0.25) is 0 Å². The number of carboxylic acids is 1. The summed E-state index contributed by atoms with van der Waals surface area (Å²) in [7, 11) is 0. The molecule has 3 N–H and O–H groups in total. The monoisotopic (exact) mass is 444 g/mol. The zero-order valence-electron chi connectivity index (χ0n) is 16.9. The number of allylic oxidation sites excluding steroid dienone is 2. The Morgan fingerprint density at radius 3 is 2.74 bits per heavy atom. The van der Waals surface area contributed by atoms with Crippen molar-refractivity contribution >= 4 is 5.97 Å². The second-order valence-electron chi connectivity index (χ2n) is 7.30. The Labute approximate surface area is 178 Å². The van der Waals surface area contributed by atoms with Gasteiger partial charge in [-0.1, -0.05) is 30.4 Å². The van der Waals surface area contributed by atoms with Crippen LogP contribution in [0.25, 0.3) is 0 Å². The first-order chi connectivity index (χ1) is 14.7. The van der Waals surface area contributed by atoms with Crippen LogP contribution in [0.3, 0.4) is 0 Å². The van der Waals surface area contributed by atoms with Gasteiger partial charge in [0, 0.05) is 12.3 Å². The minimum absolute atomic E-state index is 0.00220. The van der Waals surface area contributed by atoms with E-state index >= 15 is 0 Å². The Kier molecular flexibility index (Phi) is 9.54. The van der Waals surface area contributed by atoms with Crippen molar-refractivity contribution in [1.82, 2.24) is 0 Å². The summed E-state index contributed by atoms with van der Waals surface area (Å²) < 4.78 is 49.0. The molecule has 2 rings (SSSR count). The SMILES string of the molecule is O=C(O)CCC=CCC[C@H]1[C@@H](O)CO[C@@H]1C=C[C@H](O)COc1cccc(C(F)(F)F)c1. The molecule has 0 bridgehead atoms. The van der Waals surface area contributed by atoms with Gasteiger partial charge in [-0.05, 0) is 37.5 Å². The van der Waals surface area contributed by atoms with Crippen molar-refractivity contribution in [3.05, 3.63) is 54.1 Å². The molecular weight excluding hydrogens is 417 g/mol. The van der Waals surface area contributed by atoms with E-state index in [9.17, 15) is 28.2 Å². The lowest BCUT2D eigenvalue weighted by molar-refractivity contribution is -0.138. The quantitative estimate of drug-likeness (QED) is 0.452. The first-order valence-electron chi connectivity index (χ1n) is 9.99. The molecule has 0 radical (unpaired) electrons. The van der Waals surface area contributed by atoms with Crippen LogP contribution in [0.1, 0.15) is 31.2 Å². The van der Waals surface area contributed by atoms with Crippen molar-refractivity contribution in [2.75, 3.05) is 13.2 Å². The molecular formula is C22H27F3O6. The Bertz CT molecular complexity index is 762. The average molecular weight is 444 g/mol. The smallest absolute Gasteiger partial charge is 0.416 e. The largest absolute Gasteiger partial charge is 0.491 e. The predicted molar refractivity (Wildman–Crippen MR) is 107 cm³/mol. The number of aliphatic hydroxyl groups is 2. The lowest BCUT2D eigenvalue weighted by atomic mass is 9.93. The third-order valence-corrected chi connectivity index (χ3v) is 4.84. The highest BCUT2D eigenvalue weighted by Crippen LogP contribution is 2.31. The standard InChI is InChI=1S/C22H27F3O6/c23-22(24,25)15-6-5-7-17(12-15)30-13-16(26)10-11-20-18(19(27)14-31-20)8-3-1-2-4-9-21(28)29/h1-2,5-7,10-12,16,18-20,26-27H,3-4,8-9,13-14H2,(H,28,29)/t16-,18-,19-,20+/m0/s1. The summed E-state index contributed by atoms with van der Waals surface area (Å²) in [5, 5.41) is 28.8. The van der Waals surface area contributed by atoms with Gasteiger partial charge in [-0.3, -0.25) is 4.79 Å². The number of ether oxygens (including phenoxy) is 2. The summed E-state index contributed by atoms with van der Waals surface area (Å²) in [6.07, 6.45) is 1.90. The molecule has 9 heteroatoms. The van der Waals surface area contributed by atoms with Gasteiger partial charge >= 0.3 is 12.1 Å². The number of aliphatic carboxylic acids is 1. The van der Waals surface area contributed by atoms with Crippen LogP contribution >= 0.6 is 0 Å². The van der Waals surface area contributed by atoms with E-state index in [1.807, 2.05) is 6.08 Å². The van der Waals surface area contributed by atoms with Gasteiger partial charge < -0.3 is 24.8 Å². The first-order valence-corrected chi connectivity index (χ1v) is 9.99. The molecule has 0 amide bonds. The van der Waals surface area contributed by atoms with Gasteiger partial charge in [0.1, 0.15) is 18.5 Å². The number of aliphatic hydroxyl groups excluding tert-OH is 2. The normalized spacial score (nSPS) is 22.9. The van der Waals surface area contributed by atoms with Gasteiger partial charge in [0.05, 0.1) is 24.4 Å². The molecule has 1 aromatic rings. The van der Waals surface area contributed by atoms with Gasteiger partial charge in [0.25, 0.3) is 0 Å². The molecule has 0 aliphatic carbocycles. The molecule has 0 aromatic heterocycles. The second kappa shape index (κ2) is 11.9. The molecule has 4 atom stereocenters. The Hall–Kier alpha value is -2.36.